The van der Waals surface area contributed by atoms with Crippen LogP contribution in [0.3, 0.4) is 0 Å². The fourth-order valence-corrected chi connectivity index (χ4v) is 2.05. The summed E-state index contributed by atoms with van der Waals surface area (Å²) < 4.78 is 10.3. The number of nitrogens with two attached hydrogens (primary N) is 1. The summed E-state index contributed by atoms with van der Waals surface area (Å²) in [5.74, 6) is 0.240. The monoisotopic (exact) mass is 245 g/mol. The Kier molecular flexibility index (Phi) is 9.03. The Hall–Kier alpha value is -0.650. The van der Waals surface area contributed by atoms with Crippen LogP contribution in [0.25, 0.3) is 0 Å². The van der Waals surface area contributed by atoms with Gasteiger partial charge >= 0.3 is 0 Å². The molecule has 0 spiro atoms. The first-order valence-electron chi connectivity index (χ1n) is 6.13. The highest BCUT2D eigenvalue weighted by Crippen LogP contribution is 2.13. The zero-order chi connectivity index (χ0) is 13.3. The lowest BCUT2D eigenvalue weighted by atomic mass is 10.1. The second kappa shape index (κ2) is 9.39. The molecule has 0 aliphatic rings. The second-order valence-corrected chi connectivity index (χ2v) is 4.33. The lowest BCUT2D eigenvalue weighted by Gasteiger charge is -2.35. The highest BCUT2D eigenvalue weighted by molar-refractivity contribution is 5.77. The van der Waals surface area contributed by atoms with Crippen molar-refractivity contribution in [2.75, 3.05) is 34.0 Å². The van der Waals surface area contributed by atoms with E-state index < -0.39 is 0 Å². The summed E-state index contributed by atoms with van der Waals surface area (Å²) in [4.78, 5) is 2.31. The maximum atomic E-state index is 7.43. The topological polar surface area (TPSA) is 71.6 Å². The van der Waals surface area contributed by atoms with Crippen LogP contribution in [0, 0.1) is 5.41 Å². The SMILES string of the molecule is CCC(CC(=N)N)N(CCOC)C(C)COC. The first-order chi connectivity index (χ1) is 8.06. The molecule has 0 bridgehead atoms. The highest BCUT2D eigenvalue weighted by Gasteiger charge is 2.22. The first-order valence-corrected chi connectivity index (χ1v) is 6.13. The van der Waals surface area contributed by atoms with Crippen molar-refractivity contribution in [1.82, 2.24) is 4.90 Å². The van der Waals surface area contributed by atoms with Crippen molar-refractivity contribution in [1.29, 1.82) is 5.41 Å². The Morgan fingerprint density at radius 2 is 2.00 bits per heavy atom. The molecule has 0 amide bonds. The van der Waals surface area contributed by atoms with Crippen molar-refractivity contribution in [3.05, 3.63) is 0 Å². The van der Waals surface area contributed by atoms with Gasteiger partial charge in [0.05, 0.1) is 19.0 Å². The molecule has 2 unspecified atom stereocenters. The van der Waals surface area contributed by atoms with E-state index in [4.69, 9.17) is 20.6 Å². The van der Waals surface area contributed by atoms with Gasteiger partial charge in [0.1, 0.15) is 0 Å². The molecule has 0 aromatic carbocycles. The van der Waals surface area contributed by atoms with Crippen molar-refractivity contribution in [3.8, 4) is 0 Å². The summed E-state index contributed by atoms with van der Waals surface area (Å²) in [5.41, 5.74) is 5.50. The van der Waals surface area contributed by atoms with Crippen molar-refractivity contribution in [2.24, 2.45) is 5.73 Å². The molecule has 17 heavy (non-hydrogen) atoms. The molecule has 0 aliphatic heterocycles. The third-order valence-electron chi connectivity index (χ3n) is 2.92. The van der Waals surface area contributed by atoms with Crippen LogP contribution in [-0.4, -0.2) is 56.8 Å². The maximum absolute atomic E-state index is 7.43. The molecule has 5 heteroatoms. The van der Waals surface area contributed by atoms with Crippen molar-refractivity contribution in [3.63, 3.8) is 0 Å². The van der Waals surface area contributed by atoms with E-state index in [1.54, 1.807) is 14.2 Å². The zero-order valence-electron chi connectivity index (χ0n) is 11.5. The molecule has 0 radical (unpaired) electrons. The van der Waals surface area contributed by atoms with E-state index in [9.17, 15) is 0 Å². The Morgan fingerprint density at radius 3 is 2.41 bits per heavy atom. The standard InChI is InChI=1S/C12H27N3O2/c1-5-11(8-12(13)14)15(6-7-16-3)10(2)9-17-4/h10-11H,5-9H2,1-4H3,(H3,13,14). The molecule has 0 aliphatic carbocycles. The molecule has 0 heterocycles. The summed E-state index contributed by atoms with van der Waals surface area (Å²) in [6.45, 7) is 6.45. The van der Waals surface area contributed by atoms with Crippen LogP contribution in [0.1, 0.15) is 26.7 Å². The lowest BCUT2D eigenvalue weighted by Crippen LogP contribution is -2.46. The van der Waals surface area contributed by atoms with Gasteiger partial charge in [-0.05, 0) is 13.3 Å². The Bertz CT molecular complexity index is 212. The molecule has 0 saturated carbocycles. The van der Waals surface area contributed by atoms with E-state index in [0.717, 1.165) is 13.0 Å². The molecule has 0 aromatic heterocycles. The lowest BCUT2D eigenvalue weighted by molar-refractivity contribution is 0.0474. The van der Waals surface area contributed by atoms with E-state index in [2.05, 4.69) is 18.7 Å². The molecule has 0 fully saturated rings. The summed E-state index contributed by atoms with van der Waals surface area (Å²) in [6.07, 6.45) is 1.58. The second-order valence-electron chi connectivity index (χ2n) is 4.33. The van der Waals surface area contributed by atoms with Crippen molar-refractivity contribution < 1.29 is 9.47 Å². The van der Waals surface area contributed by atoms with Crippen LogP contribution >= 0.6 is 0 Å². The van der Waals surface area contributed by atoms with Gasteiger partial charge in [0.25, 0.3) is 0 Å². The molecule has 2 atom stereocenters. The van der Waals surface area contributed by atoms with Gasteiger partial charge < -0.3 is 15.2 Å². The quantitative estimate of drug-likeness (QED) is 0.446. The van der Waals surface area contributed by atoms with Crippen LogP contribution in [0.15, 0.2) is 0 Å². The van der Waals surface area contributed by atoms with E-state index >= 15 is 0 Å². The van der Waals surface area contributed by atoms with Crippen LogP contribution in [0.2, 0.25) is 0 Å². The predicted octanol–water partition coefficient (Wildman–Crippen LogP) is 1.07. The summed E-state index contributed by atoms with van der Waals surface area (Å²) in [5, 5.41) is 7.43. The number of hydrogen-bond acceptors (Lipinski definition) is 4. The fraction of sp³-hybridized carbons (Fsp3) is 0.917. The molecule has 0 aromatic rings. The van der Waals surface area contributed by atoms with E-state index in [-0.39, 0.29) is 11.9 Å². The van der Waals surface area contributed by atoms with E-state index in [0.29, 0.717) is 25.7 Å². The van der Waals surface area contributed by atoms with Crippen LogP contribution in [0.4, 0.5) is 0 Å². The zero-order valence-corrected chi connectivity index (χ0v) is 11.5. The number of rotatable bonds is 10. The van der Waals surface area contributed by atoms with Gasteiger partial charge in [0.15, 0.2) is 0 Å². The van der Waals surface area contributed by atoms with Crippen LogP contribution in [0.5, 0.6) is 0 Å². The third kappa shape index (κ3) is 6.61. The van der Waals surface area contributed by atoms with Crippen LogP contribution in [-0.2, 0) is 9.47 Å². The molecule has 0 saturated heterocycles. The highest BCUT2D eigenvalue weighted by atomic mass is 16.5. The Labute approximate surface area is 105 Å². The molecule has 3 N–H and O–H groups in total. The average molecular weight is 245 g/mol. The smallest absolute Gasteiger partial charge is 0.0921 e. The molecule has 102 valence electrons. The molecule has 0 rings (SSSR count). The summed E-state index contributed by atoms with van der Waals surface area (Å²) in [7, 11) is 3.40. The number of amidine groups is 1. The normalized spacial score (nSPS) is 14.9. The minimum atomic E-state index is 0.240. The average Bonchev–Trinajstić information content (AvgIpc) is 2.27. The Morgan fingerprint density at radius 1 is 1.35 bits per heavy atom. The number of ether oxygens (including phenoxy) is 2. The predicted molar refractivity (Wildman–Crippen MR) is 70.5 cm³/mol. The number of hydrogen-bond donors (Lipinski definition) is 2. The minimum absolute atomic E-state index is 0.240. The third-order valence-corrected chi connectivity index (χ3v) is 2.92. The van der Waals surface area contributed by atoms with Gasteiger partial charge in [-0.25, -0.2) is 0 Å². The molecule has 5 nitrogen and oxygen atoms in total. The summed E-state index contributed by atoms with van der Waals surface area (Å²) >= 11 is 0. The number of nitrogens with zero attached hydrogens (tertiary/aromatic N) is 1. The van der Waals surface area contributed by atoms with E-state index in [1.807, 2.05) is 0 Å². The van der Waals surface area contributed by atoms with Gasteiger partial charge in [0, 0.05) is 39.3 Å². The van der Waals surface area contributed by atoms with Gasteiger partial charge in [-0.2, -0.15) is 0 Å². The van der Waals surface area contributed by atoms with Gasteiger partial charge in [0.2, 0.25) is 0 Å². The minimum Gasteiger partial charge on any atom is -0.388 e. The Balaban J connectivity index is 4.53. The number of methoxy groups -OCH3 is 2. The first kappa shape index (κ1) is 16.4. The van der Waals surface area contributed by atoms with Gasteiger partial charge in [-0.3, -0.25) is 10.3 Å². The summed E-state index contributed by atoms with van der Waals surface area (Å²) in [6, 6.07) is 0.590. The fourth-order valence-electron chi connectivity index (χ4n) is 2.05. The van der Waals surface area contributed by atoms with Crippen molar-refractivity contribution >= 4 is 5.84 Å². The van der Waals surface area contributed by atoms with Crippen molar-refractivity contribution in [2.45, 2.75) is 38.8 Å². The largest absolute Gasteiger partial charge is 0.388 e. The maximum Gasteiger partial charge on any atom is 0.0921 e. The van der Waals surface area contributed by atoms with Gasteiger partial charge in [-0.1, -0.05) is 6.92 Å². The van der Waals surface area contributed by atoms with E-state index in [1.165, 1.54) is 0 Å². The number of nitrogens with one attached hydrogen (secondary N) is 1. The van der Waals surface area contributed by atoms with Crippen LogP contribution < -0.4 is 5.73 Å². The van der Waals surface area contributed by atoms with Gasteiger partial charge in [-0.15, -0.1) is 0 Å². The molecular formula is C12H27N3O2. The molecular weight excluding hydrogens is 218 g/mol.